The molecule has 1 N–H and O–H groups in total. The maximum Gasteiger partial charge on any atom is 0.133 e. The van der Waals surface area contributed by atoms with Gasteiger partial charge >= 0.3 is 0 Å². The molecule has 1 saturated carbocycles. The van der Waals surface area contributed by atoms with Gasteiger partial charge in [0, 0.05) is 36.6 Å². The van der Waals surface area contributed by atoms with Gasteiger partial charge in [-0.15, -0.1) is 0 Å². The summed E-state index contributed by atoms with van der Waals surface area (Å²) in [7, 11) is 0. The molecule has 0 spiro atoms. The van der Waals surface area contributed by atoms with E-state index in [-0.39, 0.29) is 0 Å². The Kier molecular flexibility index (Phi) is 3.52. The van der Waals surface area contributed by atoms with Gasteiger partial charge in [-0.25, -0.2) is 4.98 Å². The summed E-state index contributed by atoms with van der Waals surface area (Å²) in [6.45, 7) is 3.26. The van der Waals surface area contributed by atoms with Crippen LogP contribution in [0.25, 0.3) is 10.9 Å². The summed E-state index contributed by atoms with van der Waals surface area (Å²) in [6, 6.07) is 11.6. The highest BCUT2D eigenvalue weighted by atomic mass is 15.2. The van der Waals surface area contributed by atoms with Crippen molar-refractivity contribution in [1.29, 1.82) is 0 Å². The predicted molar refractivity (Wildman–Crippen MR) is 87.7 cm³/mol. The van der Waals surface area contributed by atoms with Crippen LogP contribution in [-0.4, -0.2) is 24.1 Å². The number of piperidine rings is 1. The third kappa shape index (κ3) is 2.88. The second-order valence-electron chi connectivity index (χ2n) is 6.37. The average molecular weight is 281 g/mol. The molecule has 1 saturated heterocycles. The van der Waals surface area contributed by atoms with Crippen molar-refractivity contribution < 1.29 is 0 Å². The zero-order valence-corrected chi connectivity index (χ0v) is 12.5. The van der Waals surface area contributed by atoms with Gasteiger partial charge in [0.2, 0.25) is 0 Å². The molecule has 4 rings (SSSR count). The molecule has 3 heteroatoms. The average Bonchev–Trinajstić information content (AvgIpc) is 3.37. The highest BCUT2D eigenvalue weighted by Crippen LogP contribution is 2.27. The number of anilines is 1. The zero-order valence-electron chi connectivity index (χ0n) is 12.5. The molecule has 1 aromatic heterocycles. The Hall–Kier alpha value is -1.61. The van der Waals surface area contributed by atoms with Crippen molar-refractivity contribution in [1.82, 2.24) is 10.3 Å². The van der Waals surface area contributed by atoms with Crippen LogP contribution in [0, 0.1) is 0 Å². The standard InChI is InChI=1S/C18H23N3/c1-4-10-21(11-5-1)18-15(13-19-16-8-9-16)12-14-6-2-3-7-17(14)20-18/h2-3,6-7,12,16,19H,1,4-5,8-11,13H2. The van der Waals surface area contributed by atoms with Crippen LogP contribution in [0.4, 0.5) is 5.82 Å². The van der Waals surface area contributed by atoms with Crippen LogP contribution >= 0.6 is 0 Å². The second-order valence-corrected chi connectivity index (χ2v) is 6.37. The number of hydrogen-bond donors (Lipinski definition) is 1. The third-order valence-corrected chi connectivity index (χ3v) is 4.59. The first-order valence-corrected chi connectivity index (χ1v) is 8.27. The molecule has 2 fully saturated rings. The van der Waals surface area contributed by atoms with Gasteiger partial charge in [-0.1, -0.05) is 18.2 Å². The van der Waals surface area contributed by atoms with Crippen LogP contribution in [0.15, 0.2) is 30.3 Å². The van der Waals surface area contributed by atoms with Gasteiger partial charge < -0.3 is 10.2 Å². The molecule has 3 nitrogen and oxygen atoms in total. The third-order valence-electron chi connectivity index (χ3n) is 4.59. The molecule has 21 heavy (non-hydrogen) atoms. The number of nitrogens with one attached hydrogen (secondary N) is 1. The summed E-state index contributed by atoms with van der Waals surface area (Å²) < 4.78 is 0. The molecule has 2 aliphatic rings. The first kappa shape index (κ1) is 13.1. The lowest BCUT2D eigenvalue weighted by Crippen LogP contribution is -2.32. The zero-order chi connectivity index (χ0) is 14.1. The smallest absolute Gasteiger partial charge is 0.133 e. The maximum atomic E-state index is 4.98. The van der Waals surface area contributed by atoms with E-state index in [1.165, 1.54) is 48.9 Å². The lowest BCUT2D eigenvalue weighted by Gasteiger charge is -2.30. The molecule has 0 amide bonds. The fourth-order valence-electron chi connectivity index (χ4n) is 3.20. The van der Waals surface area contributed by atoms with Gasteiger partial charge in [0.1, 0.15) is 5.82 Å². The lowest BCUT2D eigenvalue weighted by atomic mass is 10.1. The molecule has 2 aromatic rings. The van der Waals surface area contributed by atoms with E-state index < -0.39 is 0 Å². The van der Waals surface area contributed by atoms with E-state index in [9.17, 15) is 0 Å². The summed E-state index contributed by atoms with van der Waals surface area (Å²) in [5.74, 6) is 1.21. The van der Waals surface area contributed by atoms with Crippen LogP contribution in [0.1, 0.15) is 37.7 Å². The van der Waals surface area contributed by atoms with Crippen molar-refractivity contribution in [2.45, 2.75) is 44.7 Å². The molecular formula is C18H23N3. The number of fused-ring (bicyclic) bond motifs is 1. The largest absolute Gasteiger partial charge is 0.356 e. The van der Waals surface area contributed by atoms with Crippen LogP contribution in [0.3, 0.4) is 0 Å². The van der Waals surface area contributed by atoms with Crippen LogP contribution < -0.4 is 10.2 Å². The van der Waals surface area contributed by atoms with E-state index >= 15 is 0 Å². The Morgan fingerprint density at radius 3 is 2.71 bits per heavy atom. The van der Waals surface area contributed by atoms with Gasteiger partial charge in [0.15, 0.2) is 0 Å². The van der Waals surface area contributed by atoms with Crippen LogP contribution in [-0.2, 0) is 6.54 Å². The lowest BCUT2D eigenvalue weighted by molar-refractivity contribution is 0.570. The summed E-state index contributed by atoms with van der Waals surface area (Å²) in [6.07, 6.45) is 6.62. The monoisotopic (exact) mass is 281 g/mol. The molecule has 2 heterocycles. The van der Waals surface area contributed by atoms with Gasteiger partial charge in [0.05, 0.1) is 5.52 Å². The molecule has 0 radical (unpaired) electrons. The SMILES string of the molecule is c1ccc2nc(N3CCCCC3)c(CNC3CC3)cc2c1. The first-order valence-electron chi connectivity index (χ1n) is 8.27. The molecule has 0 bridgehead atoms. The number of aromatic nitrogens is 1. The highest BCUT2D eigenvalue weighted by molar-refractivity contribution is 5.81. The number of benzene rings is 1. The van der Waals surface area contributed by atoms with Crippen LogP contribution in [0.2, 0.25) is 0 Å². The Morgan fingerprint density at radius 2 is 1.90 bits per heavy atom. The highest BCUT2D eigenvalue weighted by Gasteiger charge is 2.22. The van der Waals surface area contributed by atoms with Crippen LogP contribution in [0.5, 0.6) is 0 Å². The summed E-state index contributed by atoms with van der Waals surface area (Å²) in [5.41, 5.74) is 2.48. The number of nitrogens with zero attached hydrogens (tertiary/aromatic N) is 2. The van der Waals surface area contributed by atoms with E-state index in [4.69, 9.17) is 4.98 Å². The Bertz CT molecular complexity index is 627. The van der Waals surface area contributed by atoms with Crippen molar-refractivity contribution in [3.05, 3.63) is 35.9 Å². The number of para-hydroxylation sites is 1. The van der Waals surface area contributed by atoms with Gasteiger partial charge in [-0.3, -0.25) is 0 Å². The topological polar surface area (TPSA) is 28.2 Å². The van der Waals surface area contributed by atoms with Gasteiger partial charge in [-0.05, 0) is 44.2 Å². The Morgan fingerprint density at radius 1 is 1.10 bits per heavy atom. The summed E-state index contributed by atoms with van der Waals surface area (Å²) >= 11 is 0. The van der Waals surface area contributed by atoms with Gasteiger partial charge in [0.25, 0.3) is 0 Å². The van der Waals surface area contributed by atoms with E-state index in [0.29, 0.717) is 0 Å². The van der Waals surface area contributed by atoms with E-state index in [1.807, 2.05) is 0 Å². The van der Waals surface area contributed by atoms with Crippen molar-refractivity contribution in [2.75, 3.05) is 18.0 Å². The second kappa shape index (κ2) is 5.64. The fourth-order valence-corrected chi connectivity index (χ4v) is 3.20. The molecule has 110 valence electrons. The van der Waals surface area contributed by atoms with Crippen molar-refractivity contribution in [2.24, 2.45) is 0 Å². The molecule has 1 aliphatic carbocycles. The number of pyridine rings is 1. The molecule has 0 unspecified atom stereocenters. The molecular weight excluding hydrogens is 258 g/mol. The molecule has 0 atom stereocenters. The van der Waals surface area contributed by atoms with E-state index in [0.717, 1.165) is 31.2 Å². The molecule has 1 aromatic carbocycles. The first-order chi connectivity index (χ1) is 10.4. The van der Waals surface area contributed by atoms with E-state index in [1.54, 1.807) is 0 Å². The van der Waals surface area contributed by atoms with Crippen molar-refractivity contribution in [3.63, 3.8) is 0 Å². The quantitative estimate of drug-likeness (QED) is 0.930. The minimum Gasteiger partial charge on any atom is -0.356 e. The Balaban J connectivity index is 1.70. The van der Waals surface area contributed by atoms with Gasteiger partial charge in [-0.2, -0.15) is 0 Å². The number of rotatable bonds is 4. The minimum atomic E-state index is 0.741. The summed E-state index contributed by atoms with van der Waals surface area (Å²) in [5, 5.41) is 4.91. The fraction of sp³-hybridized carbons (Fsp3) is 0.500. The van der Waals surface area contributed by atoms with Crippen molar-refractivity contribution in [3.8, 4) is 0 Å². The van der Waals surface area contributed by atoms with Crippen molar-refractivity contribution >= 4 is 16.7 Å². The number of hydrogen-bond acceptors (Lipinski definition) is 3. The predicted octanol–water partition coefficient (Wildman–Crippen LogP) is 3.48. The van der Waals surface area contributed by atoms with E-state index in [2.05, 4.69) is 40.5 Å². The summed E-state index contributed by atoms with van der Waals surface area (Å²) in [4.78, 5) is 7.47. The minimum absolute atomic E-state index is 0.741. The normalized spacial score (nSPS) is 19.1. The molecule has 1 aliphatic heterocycles. The maximum absolute atomic E-state index is 4.98. The Labute approximate surface area is 126 Å².